The standard InChI is InChI=1S/C21H17N3O4S/c25-20(18-11-4-5-12-19(18)24(26)27)23-21(29)22-16-9-6-10-17(13-16)28-14-15-7-2-1-3-8-15/h1-13H,14H2,(H2,22,23,25,29). The molecule has 0 atom stereocenters. The van der Waals surface area contributed by atoms with Gasteiger partial charge in [0.1, 0.15) is 17.9 Å². The number of benzene rings is 3. The van der Waals surface area contributed by atoms with Crippen LogP contribution in [0.1, 0.15) is 15.9 Å². The van der Waals surface area contributed by atoms with Crippen molar-refractivity contribution in [2.24, 2.45) is 0 Å². The molecule has 2 N–H and O–H groups in total. The molecule has 0 radical (unpaired) electrons. The van der Waals surface area contributed by atoms with E-state index in [1.807, 2.05) is 36.4 Å². The van der Waals surface area contributed by atoms with Crippen LogP contribution in [0.2, 0.25) is 0 Å². The summed E-state index contributed by atoms with van der Waals surface area (Å²) in [6.07, 6.45) is 0. The van der Waals surface area contributed by atoms with E-state index in [0.717, 1.165) is 5.56 Å². The summed E-state index contributed by atoms with van der Waals surface area (Å²) >= 11 is 5.15. The van der Waals surface area contributed by atoms with Gasteiger partial charge in [0, 0.05) is 17.8 Å². The zero-order valence-electron chi connectivity index (χ0n) is 15.2. The number of nitrogens with one attached hydrogen (secondary N) is 2. The van der Waals surface area contributed by atoms with Crippen molar-refractivity contribution in [3.05, 3.63) is 100 Å². The predicted octanol–water partition coefficient (Wildman–Crippen LogP) is 4.30. The average molecular weight is 407 g/mol. The van der Waals surface area contributed by atoms with E-state index in [2.05, 4.69) is 10.6 Å². The minimum atomic E-state index is -0.661. The van der Waals surface area contributed by atoms with Crippen LogP contribution >= 0.6 is 12.2 Å². The van der Waals surface area contributed by atoms with E-state index in [-0.39, 0.29) is 16.4 Å². The van der Waals surface area contributed by atoms with Gasteiger partial charge in [-0.05, 0) is 36.0 Å². The van der Waals surface area contributed by atoms with E-state index in [1.54, 1.807) is 24.3 Å². The summed E-state index contributed by atoms with van der Waals surface area (Å²) in [6, 6.07) is 22.5. The zero-order chi connectivity index (χ0) is 20.6. The van der Waals surface area contributed by atoms with E-state index in [4.69, 9.17) is 17.0 Å². The smallest absolute Gasteiger partial charge is 0.282 e. The number of amides is 1. The van der Waals surface area contributed by atoms with E-state index in [0.29, 0.717) is 18.0 Å². The second-order valence-electron chi connectivity index (χ2n) is 5.98. The van der Waals surface area contributed by atoms with Crippen molar-refractivity contribution < 1.29 is 14.5 Å². The Labute approximate surface area is 172 Å². The van der Waals surface area contributed by atoms with E-state index in [9.17, 15) is 14.9 Å². The largest absolute Gasteiger partial charge is 0.489 e. The summed E-state index contributed by atoms with van der Waals surface area (Å²) in [5.41, 5.74) is 1.30. The van der Waals surface area contributed by atoms with Gasteiger partial charge in [-0.1, -0.05) is 48.5 Å². The van der Waals surface area contributed by atoms with Gasteiger partial charge in [-0.3, -0.25) is 20.2 Å². The first-order valence-corrected chi connectivity index (χ1v) is 9.06. The number of carbonyl (C=O) groups excluding carboxylic acids is 1. The maximum absolute atomic E-state index is 12.3. The quantitative estimate of drug-likeness (QED) is 0.359. The minimum Gasteiger partial charge on any atom is -0.489 e. The summed E-state index contributed by atoms with van der Waals surface area (Å²) in [5.74, 6) is -0.0297. The Hall–Kier alpha value is -3.78. The highest BCUT2D eigenvalue weighted by atomic mass is 32.1. The van der Waals surface area contributed by atoms with Crippen LogP contribution in [0.25, 0.3) is 0 Å². The van der Waals surface area contributed by atoms with Crippen molar-refractivity contribution in [2.75, 3.05) is 5.32 Å². The van der Waals surface area contributed by atoms with Crippen LogP contribution in [-0.4, -0.2) is 15.9 Å². The second-order valence-corrected chi connectivity index (χ2v) is 6.39. The zero-order valence-corrected chi connectivity index (χ0v) is 16.0. The monoisotopic (exact) mass is 407 g/mol. The average Bonchev–Trinajstić information content (AvgIpc) is 2.73. The van der Waals surface area contributed by atoms with Crippen LogP contribution in [0, 0.1) is 10.1 Å². The first kappa shape index (κ1) is 20.0. The summed E-state index contributed by atoms with van der Waals surface area (Å²) in [5, 5.41) is 16.4. The maximum Gasteiger partial charge on any atom is 0.282 e. The normalized spacial score (nSPS) is 10.1. The number of anilines is 1. The van der Waals surface area contributed by atoms with Crippen LogP contribution in [0.3, 0.4) is 0 Å². The molecule has 29 heavy (non-hydrogen) atoms. The Morgan fingerprint density at radius 1 is 1.00 bits per heavy atom. The molecule has 0 saturated heterocycles. The van der Waals surface area contributed by atoms with E-state index in [1.165, 1.54) is 18.2 Å². The van der Waals surface area contributed by atoms with Gasteiger partial charge in [0.15, 0.2) is 5.11 Å². The van der Waals surface area contributed by atoms with E-state index < -0.39 is 10.8 Å². The molecule has 3 rings (SSSR count). The molecule has 3 aromatic carbocycles. The van der Waals surface area contributed by atoms with Crippen molar-refractivity contribution >= 4 is 34.6 Å². The number of carbonyl (C=O) groups is 1. The molecule has 1 amide bonds. The number of ether oxygens (including phenoxy) is 1. The molecule has 146 valence electrons. The molecule has 7 nitrogen and oxygen atoms in total. The molecule has 0 bridgehead atoms. The molecular formula is C21H17N3O4S. The highest BCUT2D eigenvalue weighted by Gasteiger charge is 2.19. The highest BCUT2D eigenvalue weighted by molar-refractivity contribution is 7.80. The van der Waals surface area contributed by atoms with Gasteiger partial charge in [0.25, 0.3) is 11.6 Å². The topological polar surface area (TPSA) is 93.5 Å². The number of rotatable bonds is 6. The van der Waals surface area contributed by atoms with Crippen LogP contribution in [0.4, 0.5) is 11.4 Å². The molecule has 0 fully saturated rings. The lowest BCUT2D eigenvalue weighted by Crippen LogP contribution is -2.34. The summed E-state index contributed by atoms with van der Waals surface area (Å²) in [6.45, 7) is 0.420. The first-order valence-electron chi connectivity index (χ1n) is 8.65. The number of hydrogen-bond donors (Lipinski definition) is 2. The Morgan fingerprint density at radius 3 is 2.48 bits per heavy atom. The van der Waals surface area contributed by atoms with Gasteiger partial charge in [-0.15, -0.1) is 0 Å². The molecule has 0 spiro atoms. The molecule has 0 saturated carbocycles. The molecular weight excluding hydrogens is 390 g/mol. The lowest BCUT2D eigenvalue weighted by molar-refractivity contribution is -0.385. The van der Waals surface area contributed by atoms with Crippen molar-refractivity contribution in [1.82, 2.24) is 5.32 Å². The van der Waals surface area contributed by atoms with Crippen LogP contribution in [0.15, 0.2) is 78.9 Å². The van der Waals surface area contributed by atoms with Gasteiger partial charge in [-0.25, -0.2) is 0 Å². The van der Waals surface area contributed by atoms with Crippen LogP contribution in [0.5, 0.6) is 5.75 Å². The third-order valence-corrected chi connectivity index (χ3v) is 4.12. The van der Waals surface area contributed by atoms with E-state index >= 15 is 0 Å². The van der Waals surface area contributed by atoms with Crippen LogP contribution in [-0.2, 0) is 6.61 Å². The van der Waals surface area contributed by atoms with Gasteiger partial charge in [0.2, 0.25) is 0 Å². The number of hydrogen-bond acceptors (Lipinski definition) is 5. The predicted molar refractivity (Wildman–Crippen MR) is 114 cm³/mol. The van der Waals surface area contributed by atoms with Gasteiger partial charge in [-0.2, -0.15) is 0 Å². The molecule has 0 aliphatic heterocycles. The molecule has 3 aromatic rings. The molecule has 0 aromatic heterocycles. The molecule has 0 aliphatic carbocycles. The van der Waals surface area contributed by atoms with Gasteiger partial charge >= 0.3 is 0 Å². The summed E-state index contributed by atoms with van der Waals surface area (Å²) < 4.78 is 5.76. The van der Waals surface area contributed by atoms with Crippen molar-refractivity contribution in [3.8, 4) is 5.75 Å². The number of nitro groups is 1. The van der Waals surface area contributed by atoms with Gasteiger partial charge in [0.05, 0.1) is 4.92 Å². The maximum atomic E-state index is 12.3. The lowest BCUT2D eigenvalue weighted by atomic mass is 10.1. The second kappa shape index (κ2) is 9.43. The van der Waals surface area contributed by atoms with Crippen molar-refractivity contribution in [1.29, 1.82) is 0 Å². The number of para-hydroxylation sites is 1. The Morgan fingerprint density at radius 2 is 1.72 bits per heavy atom. The SMILES string of the molecule is O=C(NC(=S)Nc1cccc(OCc2ccccc2)c1)c1ccccc1[N+](=O)[O-]. The van der Waals surface area contributed by atoms with Crippen molar-refractivity contribution in [2.45, 2.75) is 6.61 Å². The summed E-state index contributed by atoms with van der Waals surface area (Å²) in [7, 11) is 0. The third kappa shape index (κ3) is 5.60. The number of nitrogens with zero attached hydrogens (tertiary/aromatic N) is 1. The number of nitro benzene ring substituents is 1. The fraction of sp³-hybridized carbons (Fsp3) is 0.0476. The molecule has 0 unspecified atom stereocenters. The Bertz CT molecular complexity index is 1040. The first-order chi connectivity index (χ1) is 14.0. The summed E-state index contributed by atoms with van der Waals surface area (Å²) in [4.78, 5) is 22.8. The molecule has 0 aliphatic rings. The van der Waals surface area contributed by atoms with Crippen LogP contribution < -0.4 is 15.4 Å². The highest BCUT2D eigenvalue weighted by Crippen LogP contribution is 2.19. The Kier molecular flexibility index (Phi) is 6.49. The fourth-order valence-electron chi connectivity index (χ4n) is 2.56. The third-order valence-electron chi connectivity index (χ3n) is 3.91. The van der Waals surface area contributed by atoms with Gasteiger partial charge < -0.3 is 10.1 Å². The fourth-order valence-corrected chi connectivity index (χ4v) is 2.77. The molecule has 0 heterocycles. The molecule has 8 heteroatoms. The van der Waals surface area contributed by atoms with Crippen molar-refractivity contribution in [3.63, 3.8) is 0 Å². The minimum absolute atomic E-state index is 0.0216. The Balaban J connectivity index is 1.61. The lowest BCUT2D eigenvalue weighted by Gasteiger charge is -2.12. The number of thiocarbonyl (C=S) groups is 1.